The van der Waals surface area contributed by atoms with E-state index in [1.54, 1.807) is 6.92 Å². The van der Waals surface area contributed by atoms with Crippen LogP contribution in [0.5, 0.6) is 0 Å². The summed E-state index contributed by atoms with van der Waals surface area (Å²) in [7, 11) is -4.14. The predicted octanol–water partition coefficient (Wildman–Crippen LogP) is 4.81. The molecule has 2 aromatic rings. The number of anilines is 1. The standard InChI is InChI=1S/C19H15BrF5NO4S/c1-18(7-30-8-18)9-31(28,29)14-5-3-12(20)15(16(14)22)17(27)26-10-2-4-13(21)11(6-10)19(23,24)25/h2-6H,7-9H2,1H3,(H,26,27). The van der Waals surface area contributed by atoms with Gasteiger partial charge >= 0.3 is 6.18 Å². The first kappa shape index (κ1) is 23.6. The van der Waals surface area contributed by atoms with Crippen LogP contribution in [0, 0.1) is 17.0 Å². The molecule has 5 nitrogen and oxygen atoms in total. The van der Waals surface area contributed by atoms with Gasteiger partial charge in [-0.1, -0.05) is 6.92 Å². The molecule has 12 heteroatoms. The smallest absolute Gasteiger partial charge is 0.380 e. The molecular formula is C19H15BrF5NO4S. The first-order valence-electron chi connectivity index (χ1n) is 8.70. The molecule has 0 radical (unpaired) electrons. The van der Waals surface area contributed by atoms with Crippen molar-refractivity contribution in [2.24, 2.45) is 5.41 Å². The molecule has 1 fully saturated rings. The van der Waals surface area contributed by atoms with E-state index in [9.17, 15) is 30.8 Å². The molecule has 0 aromatic heterocycles. The Labute approximate surface area is 182 Å². The molecule has 0 saturated carbocycles. The van der Waals surface area contributed by atoms with Crippen molar-refractivity contribution in [2.45, 2.75) is 18.0 Å². The molecule has 0 atom stereocenters. The summed E-state index contributed by atoms with van der Waals surface area (Å²) in [6.07, 6.45) is -5.01. The van der Waals surface area contributed by atoms with E-state index in [-0.39, 0.29) is 17.7 Å². The van der Waals surface area contributed by atoms with Crippen LogP contribution < -0.4 is 5.32 Å². The van der Waals surface area contributed by atoms with E-state index in [1.165, 1.54) is 0 Å². The van der Waals surface area contributed by atoms with E-state index in [2.05, 4.69) is 15.9 Å². The highest BCUT2D eigenvalue weighted by Crippen LogP contribution is 2.35. The average Bonchev–Trinajstić information content (AvgIpc) is 2.60. The minimum absolute atomic E-state index is 0.113. The summed E-state index contributed by atoms with van der Waals surface area (Å²) >= 11 is 2.95. The number of halogens is 6. The van der Waals surface area contributed by atoms with Crippen LogP contribution in [-0.4, -0.2) is 33.3 Å². The molecule has 0 unspecified atom stereocenters. The van der Waals surface area contributed by atoms with Gasteiger partial charge in [0.15, 0.2) is 15.7 Å². The second kappa shape index (κ2) is 8.14. The Morgan fingerprint density at radius 2 is 1.84 bits per heavy atom. The number of carbonyl (C=O) groups is 1. The first-order chi connectivity index (χ1) is 14.2. The summed E-state index contributed by atoms with van der Waals surface area (Å²) in [6, 6.07) is 3.87. The monoisotopic (exact) mass is 527 g/mol. The summed E-state index contributed by atoms with van der Waals surface area (Å²) in [4.78, 5) is 11.8. The van der Waals surface area contributed by atoms with Crippen molar-refractivity contribution in [1.29, 1.82) is 0 Å². The fraction of sp³-hybridized carbons (Fsp3) is 0.316. The minimum Gasteiger partial charge on any atom is -0.380 e. The normalized spacial score (nSPS) is 16.0. The maximum atomic E-state index is 15.1. The highest BCUT2D eigenvalue weighted by atomic mass is 79.9. The van der Waals surface area contributed by atoms with Gasteiger partial charge in [-0.05, 0) is 46.3 Å². The molecule has 0 bridgehead atoms. The number of carbonyl (C=O) groups excluding carboxylic acids is 1. The van der Waals surface area contributed by atoms with Crippen molar-refractivity contribution in [2.75, 3.05) is 24.3 Å². The Hall–Kier alpha value is -2.05. The van der Waals surface area contributed by atoms with Gasteiger partial charge in [0, 0.05) is 15.6 Å². The fourth-order valence-electron chi connectivity index (χ4n) is 3.07. The molecule has 1 aliphatic rings. The third-order valence-corrected chi connectivity index (χ3v) is 7.31. The number of rotatable bonds is 5. The molecule has 1 N–H and O–H groups in total. The Morgan fingerprint density at radius 1 is 1.19 bits per heavy atom. The molecule has 1 amide bonds. The van der Waals surface area contributed by atoms with Gasteiger partial charge in [-0.2, -0.15) is 13.2 Å². The molecule has 0 spiro atoms. The number of hydrogen-bond donors (Lipinski definition) is 1. The van der Waals surface area contributed by atoms with Crippen LogP contribution in [0.15, 0.2) is 39.7 Å². The maximum Gasteiger partial charge on any atom is 0.419 e. The summed E-state index contributed by atoms with van der Waals surface area (Å²) in [6.45, 7) is 2.03. The van der Waals surface area contributed by atoms with Crippen LogP contribution in [0.2, 0.25) is 0 Å². The van der Waals surface area contributed by atoms with Crippen LogP contribution in [-0.2, 0) is 20.8 Å². The quantitative estimate of drug-likeness (QED) is 0.566. The average molecular weight is 528 g/mol. The minimum atomic E-state index is -5.01. The number of ether oxygens (including phenoxy) is 1. The van der Waals surface area contributed by atoms with Crippen molar-refractivity contribution in [1.82, 2.24) is 0 Å². The molecular weight excluding hydrogens is 513 g/mol. The van der Waals surface area contributed by atoms with Crippen molar-refractivity contribution in [3.8, 4) is 0 Å². The zero-order valence-electron chi connectivity index (χ0n) is 15.8. The SMILES string of the molecule is CC1(CS(=O)(=O)c2ccc(Br)c(C(=O)Nc3ccc(F)c(C(F)(F)F)c3)c2F)COC1. The summed E-state index contributed by atoms with van der Waals surface area (Å²) in [5.74, 6) is -4.51. The number of hydrogen-bond acceptors (Lipinski definition) is 4. The number of benzene rings is 2. The van der Waals surface area contributed by atoms with Crippen molar-refractivity contribution >= 4 is 37.4 Å². The molecule has 1 aliphatic heterocycles. The maximum absolute atomic E-state index is 15.1. The second-order valence-electron chi connectivity index (χ2n) is 7.44. The zero-order chi connectivity index (χ0) is 23.2. The van der Waals surface area contributed by atoms with Crippen molar-refractivity contribution in [3.63, 3.8) is 0 Å². The van der Waals surface area contributed by atoms with Crippen LogP contribution in [0.3, 0.4) is 0 Å². The van der Waals surface area contributed by atoms with Gasteiger partial charge in [-0.15, -0.1) is 0 Å². The summed E-state index contributed by atoms with van der Waals surface area (Å²) < 4.78 is 97.4. The molecule has 1 saturated heterocycles. The number of alkyl halides is 3. The van der Waals surface area contributed by atoms with Gasteiger partial charge < -0.3 is 10.1 Å². The lowest BCUT2D eigenvalue weighted by Crippen LogP contribution is -2.45. The van der Waals surface area contributed by atoms with Gasteiger partial charge in [0.2, 0.25) is 0 Å². The second-order valence-corrected chi connectivity index (χ2v) is 10.3. The molecule has 31 heavy (non-hydrogen) atoms. The van der Waals surface area contributed by atoms with Crippen LogP contribution in [0.4, 0.5) is 27.6 Å². The Kier molecular flexibility index (Phi) is 6.20. The number of sulfone groups is 1. The number of amides is 1. The van der Waals surface area contributed by atoms with E-state index in [1.807, 2.05) is 5.32 Å². The van der Waals surface area contributed by atoms with Gasteiger partial charge in [0.1, 0.15) is 10.7 Å². The number of nitrogens with one attached hydrogen (secondary N) is 1. The Bertz CT molecular complexity index is 1150. The van der Waals surface area contributed by atoms with Gasteiger partial charge in [0.05, 0.1) is 30.1 Å². The van der Waals surface area contributed by atoms with Crippen LogP contribution >= 0.6 is 15.9 Å². The first-order valence-corrected chi connectivity index (χ1v) is 11.1. The van der Waals surface area contributed by atoms with Gasteiger partial charge in [-0.25, -0.2) is 17.2 Å². The fourth-order valence-corrected chi connectivity index (χ4v) is 5.44. The largest absolute Gasteiger partial charge is 0.419 e. The van der Waals surface area contributed by atoms with Crippen LogP contribution in [0.1, 0.15) is 22.8 Å². The lowest BCUT2D eigenvalue weighted by molar-refractivity contribution is -0.139. The zero-order valence-corrected chi connectivity index (χ0v) is 18.2. The molecule has 2 aromatic carbocycles. The van der Waals surface area contributed by atoms with E-state index in [0.29, 0.717) is 12.1 Å². The molecule has 0 aliphatic carbocycles. The molecule has 168 valence electrons. The third kappa shape index (κ3) is 4.90. The summed E-state index contributed by atoms with van der Waals surface area (Å²) in [5.41, 5.74) is -3.47. The van der Waals surface area contributed by atoms with E-state index in [4.69, 9.17) is 4.74 Å². The highest BCUT2D eigenvalue weighted by Gasteiger charge is 2.40. The van der Waals surface area contributed by atoms with Crippen molar-refractivity contribution in [3.05, 3.63) is 57.6 Å². The lowest BCUT2D eigenvalue weighted by atomic mass is 9.92. The topological polar surface area (TPSA) is 72.5 Å². The predicted molar refractivity (Wildman–Crippen MR) is 104 cm³/mol. The lowest BCUT2D eigenvalue weighted by Gasteiger charge is -2.37. The van der Waals surface area contributed by atoms with Crippen molar-refractivity contribution < 1.29 is 39.9 Å². The van der Waals surface area contributed by atoms with E-state index < -0.39 is 66.4 Å². The van der Waals surface area contributed by atoms with Gasteiger partial charge in [0.25, 0.3) is 5.91 Å². The van der Waals surface area contributed by atoms with Crippen LogP contribution in [0.25, 0.3) is 0 Å². The van der Waals surface area contributed by atoms with E-state index >= 15 is 4.39 Å². The third-order valence-electron chi connectivity index (χ3n) is 4.59. The van der Waals surface area contributed by atoms with E-state index in [0.717, 1.165) is 18.2 Å². The Balaban J connectivity index is 1.95. The molecule has 3 rings (SSSR count). The molecule has 1 heterocycles. The highest BCUT2D eigenvalue weighted by molar-refractivity contribution is 9.10. The Morgan fingerprint density at radius 3 is 2.39 bits per heavy atom. The van der Waals surface area contributed by atoms with Gasteiger partial charge in [-0.3, -0.25) is 4.79 Å². The summed E-state index contributed by atoms with van der Waals surface area (Å²) in [5, 5.41) is 2.04.